The number of anilines is 2. The highest BCUT2D eigenvalue weighted by atomic mass is 16.6. The number of hydrogen-bond acceptors (Lipinski definition) is 8. The quantitative estimate of drug-likeness (QED) is 0.752. The van der Waals surface area contributed by atoms with Crippen molar-refractivity contribution in [1.29, 1.82) is 0 Å². The van der Waals surface area contributed by atoms with E-state index in [1.54, 1.807) is 24.3 Å². The molecular weight excluding hydrogens is 402 g/mol. The zero-order chi connectivity index (χ0) is 21.5. The lowest BCUT2D eigenvalue weighted by molar-refractivity contribution is -0.123. The summed E-state index contributed by atoms with van der Waals surface area (Å²) in [7, 11) is 0. The number of carbonyl (C=O) groups excluding carboxylic acids is 3. The Labute approximate surface area is 177 Å². The summed E-state index contributed by atoms with van der Waals surface area (Å²) in [6.07, 6.45) is 0. The molecule has 0 bridgehead atoms. The second kappa shape index (κ2) is 7.38. The Morgan fingerprint density at radius 3 is 2.71 bits per heavy atom. The van der Waals surface area contributed by atoms with Crippen LogP contribution in [0.4, 0.5) is 11.4 Å². The maximum Gasteiger partial charge on any atom is 0.263 e. The summed E-state index contributed by atoms with van der Waals surface area (Å²) >= 11 is 0. The van der Waals surface area contributed by atoms with Crippen LogP contribution in [0.25, 0.3) is 0 Å². The number of benzene rings is 2. The number of carbonyl (C=O) groups is 3. The van der Waals surface area contributed by atoms with Gasteiger partial charge in [0.2, 0.25) is 5.91 Å². The number of imide groups is 1. The van der Waals surface area contributed by atoms with Crippen molar-refractivity contribution in [3.8, 4) is 11.5 Å². The second-order valence-corrected chi connectivity index (χ2v) is 7.45. The van der Waals surface area contributed by atoms with Gasteiger partial charge in [-0.15, -0.1) is 0 Å². The van der Waals surface area contributed by atoms with Crippen LogP contribution in [0.15, 0.2) is 52.8 Å². The molecule has 0 unspecified atom stereocenters. The standard InChI is InChI=1S/C21H19N5O5/c1-12-3-2-4-13(9-12)22-17(27)11-25-19-18(23-24-25)20(28)26(21(19)29)14-5-6-15-16(10-14)31-8-7-30-15/h2-6,9-10,18-19H,7-8,11H2,1H3,(H,22,27)/t18-,19+/m0/s1. The molecule has 1 fully saturated rings. The maximum absolute atomic E-state index is 13.1. The number of hydrogen-bond donors (Lipinski definition) is 1. The summed E-state index contributed by atoms with van der Waals surface area (Å²) in [5.41, 5.74) is 2.02. The molecule has 5 rings (SSSR count). The SMILES string of the molecule is Cc1cccc(NC(=O)CN2N=N[C@@H]3C(=O)N(c4ccc5c(c4)OCCO5)C(=O)[C@@H]32)c1. The molecule has 2 aromatic rings. The number of fused-ring (bicyclic) bond motifs is 2. The monoisotopic (exact) mass is 421 g/mol. The highest BCUT2D eigenvalue weighted by Gasteiger charge is 2.55. The first-order chi connectivity index (χ1) is 15.0. The van der Waals surface area contributed by atoms with Crippen LogP contribution in [0, 0.1) is 6.92 Å². The van der Waals surface area contributed by atoms with Crippen molar-refractivity contribution in [2.24, 2.45) is 10.3 Å². The predicted molar refractivity (Wildman–Crippen MR) is 109 cm³/mol. The third-order valence-corrected chi connectivity index (χ3v) is 5.25. The predicted octanol–water partition coefficient (Wildman–Crippen LogP) is 1.70. The van der Waals surface area contributed by atoms with E-state index in [0.717, 1.165) is 10.5 Å². The van der Waals surface area contributed by atoms with E-state index in [9.17, 15) is 14.4 Å². The summed E-state index contributed by atoms with van der Waals surface area (Å²) in [5, 5.41) is 11.9. The number of ether oxygens (including phenoxy) is 2. The smallest absolute Gasteiger partial charge is 0.263 e. The summed E-state index contributed by atoms with van der Waals surface area (Å²) in [6, 6.07) is 10.3. The molecule has 0 spiro atoms. The van der Waals surface area contributed by atoms with Gasteiger partial charge in [-0.25, -0.2) is 4.90 Å². The Balaban J connectivity index is 1.32. The Hall–Kier alpha value is -3.95. The van der Waals surface area contributed by atoms with E-state index in [1.807, 2.05) is 25.1 Å². The first-order valence-electron chi connectivity index (χ1n) is 9.83. The van der Waals surface area contributed by atoms with Gasteiger partial charge in [0.1, 0.15) is 19.8 Å². The first kappa shape index (κ1) is 19.0. The van der Waals surface area contributed by atoms with Crippen LogP contribution < -0.4 is 19.7 Å². The lowest BCUT2D eigenvalue weighted by Gasteiger charge is -2.22. The molecule has 1 N–H and O–H groups in total. The van der Waals surface area contributed by atoms with Gasteiger partial charge in [0.05, 0.1) is 5.69 Å². The van der Waals surface area contributed by atoms with Gasteiger partial charge in [0.25, 0.3) is 11.8 Å². The van der Waals surface area contributed by atoms with Crippen molar-refractivity contribution in [2.45, 2.75) is 19.0 Å². The molecular formula is C21H19N5O5. The molecule has 3 heterocycles. The summed E-state index contributed by atoms with van der Waals surface area (Å²) < 4.78 is 11.0. The van der Waals surface area contributed by atoms with Crippen LogP contribution in [0.1, 0.15) is 5.56 Å². The molecule has 2 atom stereocenters. The number of amides is 3. The summed E-state index contributed by atoms with van der Waals surface area (Å²) in [5.74, 6) is -0.305. The van der Waals surface area contributed by atoms with Crippen LogP contribution in [-0.4, -0.2) is 54.6 Å². The lowest BCUT2D eigenvalue weighted by atomic mass is 10.1. The molecule has 3 aliphatic heterocycles. The molecule has 0 aromatic heterocycles. The molecule has 158 valence electrons. The molecule has 2 aromatic carbocycles. The van der Waals surface area contributed by atoms with Crippen molar-refractivity contribution < 1.29 is 23.9 Å². The normalized spacial score (nSPS) is 21.5. The molecule has 3 aliphatic rings. The van der Waals surface area contributed by atoms with Gasteiger partial charge in [0, 0.05) is 11.8 Å². The molecule has 0 aliphatic carbocycles. The maximum atomic E-state index is 13.1. The molecule has 0 radical (unpaired) electrons. The van der Waals surface area contributed by atoms with Gasteiger partial charge in [0.15, 0.2) is 23.6 Å². The van der Waals surface area contributed by atoms with E-state index < -0.39 is 23.9 Å². The number of nitrogens with one attached hydrogen (secondary N) is 1. The second-order valence-electron chi connectivity index (χ2n) is 7.45. The first-order valence-corrected chi connectivity index (χ1v) is 9.83. The highest BCUT2D eigenvalue weighted by Crippen LogP contribution is 2.37. The molecule has 3 amide bonds. The van der Waals surface area contributed by atoms with E-state index in [4.69, 9.17) is 9.47 Å². The number of rotatable bonds is 4. The van der Waals surface area contributed by atoms with Gasteiger partial charge in [-0.3, -0.25) is 19.4 Å². The molecule has 31 heavy (non-hydrogen) atoms. The van der Waals surface area contributed by atoms with Gasteiger partial charge < -0.3 is 14.8 Å². The minimum atomic E-state index is -0.979. The van der Waals surface area contributed by atoms with E-state index in [-0.39, 0.29) is 12.5 Å². The van der Waals surface area contributed by atoms with E-state index in [1.165, 1.54) is 5.01 Å². The molecule has 10 heteroatoms. The van der Waals surface area contributed by atoms with Gasteiger partial charge >= 0.3 is 0 Å². The number of nitrogens with zero attached hydrogens (tertiary/aromatic N) is 4. The zero-order valence-electron chi connectivity index (χ0n) is 16.6. The Morgan fingerprint density at radius 1 is 1.10 bits per heavy atom. The third kappa shape index (κ3) is 3.35. The Kier molecular flexibility index (Phi) is 4.54. The fourth-order valence-electron chi connectivity index (χ4n) is 3.85. The fraction of sp³-hybridized carbons (Fsp3) is 0.286. The minimum Gasteiger partial charge on any atom is -0.486 e. The lowest BCUT2D eigenvalue weighted by Crippen LogP contribution is -2.43. The average Bonchev–Trinajstić information content (AvgIpc) is 3.27. The molecule has 10 nitrogen and oxygen atoms in total. The Morgan fingerprint density at radius 2 is 1.90 bits per heavy atom. The molecule has 0 saturated carbocycles. The summed E-state index contributed by atoms with van der Waals surface area (Å²) in [6.45, 7) is 2.55. The van der Waals surface area contributed by atoms with Crippen LogP contribution in [0.3, 0.4) is 0 Å². The number of aryl methyl sites for hydroxylation is 1. The van der Waals surface area contributed by atoms with Crippen LogP contribution in [0.2, 0.25) is 0 Å². The zero-order valence-corrected chi connectivity index (χ0v) is 16.6. The van der Waals surface area contributed by atoms with Crippen LogP contribution in [0.5, 0.6) is 11.5 Å². The topological polar surface area (TPSA) is 113 Å². The highest BCUT2D eigenvalue weighted by molar-refractivity contribution is 6.25. The van der Waals surface area contributed by atoms with Gasteiger partial charge in [-0.1, -0.05) is 17.4 Å². The van der Waals surface area contributed by atoms with E-state index >= 15 is 0 Å². The largest absolute Gasteiger partial charge is 0.486 e. The van der Waals surface area contributed by atoms with Crippen molar-refractivity contribution in [3.05, 3.63) is 48.0 Å². The van der Waals surface area contributed by atoms with Crippen molar-refractivity contribution in [1.82, 2.24) is 5.01 Å². The van der Waals surface area contributed by atoms with Crippen molar-refractivity contribution in [2.75, 3.05) is 30.0 Å². The fourth-order valence-corrected chi connectivity index (χ4v) is 3.85. The van der Waals surface area contributed by atoms with Gasteiger partial charge in [-0.05, 0) is 36.8 Å². The van der Waals surface area contributed by atoms with Crippen LogP contribution in [-0.2, 0) is 14.4 Å². The van der Waals surface area contributed by atoms with E-state index in [0.29, 0.717) is 36.1 Å². The summed E-state index contributed by atoms with van der Waals surface area (Å²) in [4.78, 5) is 39.5. The average molecular weight is 421 g/mol. The van der Waals surface area contributed by atoms with Crippen molar-refractivity contribution >= 4 is 29.1 Å². The van der Waals surface area contributed by atoms with E-state index in [2.05, 4.69) is 15.7 Å². The molecule has 1 saturated heterocycles. The van der Waals surface area contributed by atoms with Crippen LogP contribution >= 0.6 is 0 Å². The van der Waals surface area contributed by atoms with Crippen molar-refractivity contribution in [3.63, 3.8) is 0 Å². The van der Waals surface area contributed by atoms with Gasteiger partial charge in [-0.2, -0.15) is 5.11 Å². The Bertz CT molecular complexity index is 1120. The minimum absolute atomic E-state index is 0.202. The third-order valence-electron chi connectivity index (χ3n) is 5.25.